The average molecular weight is 242 g/mol. The Balaban J connectivity index is 2.44. The van der Waals surface area contributed by atoms with Gasteiger partial charge in [0.05, 0.1) is 0 Å². The summed E-state index contributed by atoms with van der Waals surface area (Å²) in [6, 6.07) is -1.14. The molecule has 0 heterocycles. The first-order valence-electron chi connectivity index (χ1n) is 6.34. The van der Waals surface area contributed by atoms with Crippen LogP contribution in [-0.4, -0.2) is 28.7 Å². The fourth-order valence-electron chi connectivity index (χ4n) is 2.15. The van der Waals surface area contributed by atoms with Crippen molar-refractivity contribution in [1.29, 1.82) is 0 Å². The number of nitrogens with one attached hydrogen (secondary N) is 2. The molecule has 17 heavy (non-hydrogen) atoms. The largest absolute Gasteiger partial charge is 0.480 e. The SMILES string of the molecule is CCC[C@H](NC(=O)NC1(CC)CCC1)C(=O)O. The molecular formula is C12H22N2O3. The minimum absolute atomic E-state index is 0.0979. The summed E-state index contributed by atoms with van der Waals surface area (Å²) in [5.41, 5.74) is -0.0979. The third kappa shape index (κ3) is 3.61. The second-order valence-corrected chi connectivity index (χ2v) is 4.77. The Morgan fingerprint density at radius 1 is 1.35 bits per heavy atom. The van der Waals surface area contributed by atoms with Crippen molar-refractivity contribution in [3.63, 3.8) is 0 Å². The zero-order valence-corrected chi connectivity index (χ0v) is 10.6. The molecule has 2 amide bonds. The van der Waals surface area contributed by atoms with E-state index in [0.29, 0.717) is 6.42 Å². The van der Waals surface area contributed by atoms with E-state index < -0.39 is 12.0 Å². The summed E-state index contributed by atoms with van der Waals surface area (Å²) in [6.45, 7) is 3.94. The molecule has 1 aliphatic rings. The van der Waals surface area contributed by atoms with Crippen molar-refractivity contribution in [2.45, 2.75) is 64.0 Å². The van der Waals surface area contributed by atoms with Gasteiger partial charge in [-0.15, -0.1) is 0 Å². The van der Waals surface area contributed by atoms with Crippen molar-refractivity contribution < 1.29 is 14.7 Å². The van der Waals surface area contributed by atoms with Gasteiger partial charge in [-0.3, -0.25) is 0 Å². The predicted molar refractivity (Wildman–Crippen MR) is 64.9 cm³/mol. The summed E-state index contributed by atoms with van der Waals surface area (Å²) in [5.74, 6) is -0.971. The lowest BCUT2D eigenvalue weighted by molar-refractivity contribution is -0.139. The van der Waals surface area contributed by atoms with Crippen LogP contribution in [0.1, 0.15) is 52.4 Å². The topological polar surface area (TPSA) is 78.4 Å². The van der Waals surface area contributed by atoms with Gasteiger partial charge in [-0.25, -0.2) is 9.59 Å². The number of rotatable bonds is 6. The van der Waals surface area contributed by atoms with Crippen LogP contribution in [0.25, 0.3) is 0 Å². The van der Waals surface area contributed by atoms with Crippen LogP contribution in [0, 0.1) is 0 Å². The minimum Gasteiger partial charge on any atom is -0.480 e. The molecule has 5 nitrogen and oxygen atoms in total. The maximum Gasteiger partial charge on any atom is 0.326 e. The molecule has 0 aromatic carbocycles. The maximum absolute atomic E-state index is 11.7. The lowest BCUT2D eigenvalue weighted by Crippen LogP contribution is -2.58. The lowest BCUT2D eigenvalue weighted by atomic mass is 9.75. The Bertz CT molecular complexity index is 282. The molecule has 1 fully saturated rings. The highest BCUT2D eigenvalue weighted by molar-refractivity contribution is 5.82. The van der Waals surface area contributed by atoms with E-state index in [1.807, 2.05) is 13.8 Å². The maximum atomic E-state index is 11.7. The van der Waals surface area contributed by atoms with Gasteiger partial charge in [0.15, 0.2) is 0 Å². The highest BCUT2D eigenvalue weighted by atomic mass is 16.4. The summed E-state index contributed by atoms with van der Waals surface area (Å²) < 4.78 is 0. The Hall–Kier alpha value is -1.26. The van der Waals surface area contributed by atoms with Gasteiger partial charge >= 0.3 is 12.0 Å². The van der Waals surface area contributed by atoms with E-state index in [2.05, 4.69) is 10.6 Å². The molecule has 0 aliphatic heterocycles. The summed E-state index contributed by atoms with van der Waals surface area (Å²) in [7, 11) is 0. The highest BCUT2D eigenvalue weighted by Crippen LogP contribution is 2.34. The van der Waals surface area contributed by atoms with Crippen LogP contribution >= 0.6 is 0 Å². The second kappa shape index (κ2) is 5.89. The van der Waals surface area contributed by atoms with Crippen molar-refractivity contribution >= 4 is 12.0 Å². The average Bonchev–Trinajstić information content (AvgIpc) is 2.22. The first-order valence-corrected chi connectivity index (χ1v) is 6.34. The molecule has 0 spiro atoms. The molecule has 0 bridgehead atoms. The van der Waals surface area contributed by atoms with E-state index in [0.717, 1.165) is 32.1 Å². The van der Waals surface area contributed by atoms with Gasteiger partial charge in [0.2, 0.25) is 0 Å². The van der Waals surface area contributed by atoms with Crippen LogP contribution in [0.5, 0.6) is 0 Å². The smallest absolute Gasteiger partial charge is 0.326 e. The summed E-state index contributed by atoms with van der Waals surface area (Å²) in [5, 5.41) is 14.4. The van der Waals surface area contributed by atoms with Crippen LogP contribution < -0.4 is 10.6 Å². The summed E-state index contributed by atoms with van der Waals surface area (Å²) in [6.07, 6.45) is 5.19. The van der Waals surface area contributed by atoms with Gasteiger partial charge in [-0.2, -0.15) is 0 Å². The highest BCUT2D eigenvalue weighted by Gasteiger charge is 2.36. The van der Waals surface area contributed by atoms with Gasteiger partial charge in [-0.1, -0.05) is 20.3 Å². The monoisotopic (exact) mass is 242 g/mol. The Morgan fingerprint density at radius 2 is 2.00 bits per heavy atom. The van der Waals surface area contributed by atoms with Crippen LogP contribution in [0.2, 0.25) is 0 Å². The minimum atomic E-state index is -0.971. The van der Waals surface area contributed by atoms with Crippen molar-refractivity contribution in [2.75, 3.05) is 0 Å². The number of amides is 2. The molecule has 1 atom stereocenters. The molecule has 98 valence electrons. The standard InChI is InChI=1S/C12H22N2O3/c1-3-6-9(10(15)16)13-11(17)14-12(4-2)7-5-8-12/h9H,3-8H2,1-2H3,(H,15,16)(H2,13,14,17)/t9-/m0/s1. The summed E-state index contributed by atoms with van der Waals surface area (Å²) >= 11 is 0. The Labute approximate surface area is 102 Å². The van der Waals surface area contributed by atoms with Crippen molar-refractivity contribution in [3.05, 3.63) is 0 Å². The van der Waals surface area contributed by atoms with E-state index in [1.165, 1.54) is 0 Å². The molecular weight excluding hydrogens is 220 g/mol. The van der Waals surface area contributed by atoms with Crippen molar-refractivity contribution in [3.8, 4) is 0 Å². The van der Waals surface area contributed by atoms with Crippen LogP contribution in [0.15, 0.2) is 0 Å². The number of carbonyl (C=O) groups excluding carboxylic acids is 1. The third-order valence-electron chi connectivity index (χ3n) is 3.55. The molecule has 1 aliphatic carbocycles. The Kier molecular flexibility index (Phi) is 4.78. The van der Waals surface area contributed by atoms with Crippen LogP contribution in [0.4, 0.5) is 4.79 Å². The number of carboxylic acid groups (broad SMARTS) is 1. The normalized spacial score (nSPS) is 18.9. The molecule has 0 radical (unpaired) electrons. The lowest BCUT2D eigenvalue weighted by Gasteiger charge is -2.42. The summed E-state index contributed by atoms with van der Waals surface area (Å²) in [4.78, 5) is 22.6. The molecule has 0 aromatic heterocycles. The number of hydrogen-bond acceptors (Lipinski definition) is 2. The first-order chi connectivity index (χ1) is 8.03. The third-order valence-corrected chi connectivity index (χ3v) is 3.55. The van der Waals surface area contributed by atoms with Crippen molar-refractivity contribution in [1.82, 2.24) is 10.6 Å². The van der Waals surface area contributed by atoms with Gasteiger partial charge in [-0.05, 0) is 32.1 Å². The van der Waals surface area contributed by atoms with Gasteiger partial charge in [0.25, 0.3) is 0 Å². The zero-order chi connectivity index (χ0) is 12.9. The van der Waals surface area contributed by atoms with E-state index in [9.17, 15) is 9.59 Å². The van der Waals surface area contributed by atoms with E-state index in [-0.39, 0.29) is 11.6 Å². The molecule has 0 unspecified atom stereocenters. The van der Waals surface area contributed by atoms with Crippen molar-refractivity contribution in [2.24, 2.45) is 0 Å². The number of aliphatic carboxylic acids is 1. The fourth-order valence-corrected chi connectivity index (χ4v) is 2.15. The van der Waals surface area contributed by atoms with Crippen LogP contribution in [-0.2, 0) is 4.79 Å². The van der Waals surface area contributed by atoms with E-state index >= 15 is 0 Å². The first kappa shape index (κ1) is 13.8. The number of carboxylic acids is 1. The van der Waals surface area contributed by atoms with Gasteiger partial charge in [0, 0.05) is 5.54 Å². The van der Waals surface area contributed by atoms with E-state index in [1.54, 1.807) is 0 Å². The molecule has 0 saturated heterocycles. The van der Waals surface area contributed by atoms with Gasteiger partial charge < -0.3 is 15.7 Å². The molecule has 1 saturated carbocycles. The molecule has 1 rings (SSSR count). The number of carbonyl (C=O) groups is 2. The predicted octanol–water partition coefficient (Wildman–Crippen LogP) is 1.87. The number of hydrogen-bond donors (Lipinski definition) is 3. The van der Waals surface area contributed by atoms with Crippen LogP contribution in [0.3, 0.4) is 0 Å². The zero-order valence-electron chi connectivity index (χ0n) is 10.6. The number of urea groups is 1. The second-order valence-electron chi connectivity index (χ2n) is 4.77. The van der Waals surface area contributed by atoms with Gasteiger partial charge in [0.1, 0.15) is 6.04 Å². The Morgan fingerprint density at radius 3 is 2.35 bits per heavy atom. The molecule has 3 N–H and O–H groups in total. The molecule has 5 heteroatoms. The quantitative estimate of drug-likeness (QED) is 0.665. The van der Waals surface area contributed by atoms with E-state index in [4.69, 9.17) is 5.11 Å². The molecule has 0 aromatic rings. The fraction of sp³-hybridized carbons (Fsp3) is 0.833.